The summed E-state index contributed by atoms with van der Waals surface area (Å²) in [5.41, 5.74) is 1.37. The van der Waals surface area contributed by atoms with Gasteiger partial charge in [0, 0.05) is 5.92 Å². The molecule has 7 nitrogen and oxygen atoms in total. The Balaban J connectivity index is 1.75. The summed E-state index contributed by atoms with van der Waals surface area (Å²) < 4.78 is 22.8. The van der Waals surface area contributed by atoms with E-state index in [2.05, 4.69) is 0 Å². The standard InChI is InChI=1S/C29H37NO6/c1-5-34-27(31)18-23(20-33-19-22-12-8-6-9-13-22)16-17-26-30(28(32)36-29(2,3)4)25(21-35-26)24-14-10-7-11-15-24/h6-17,23,25-26H,5,18-21H2,1-4H3/b17-16+/t23-,25+,26-/m1/s1. The van der Waals surface area contributed by atoms with Crippen molar-refractivity contribution in [2.75, 3.05) is 19.8 Å². The lowest BCUT2D eigenvalue weighted by atomic mass is 10.1. The van der Waals surface area contributed by atoms with Crippen molar-refractivity contribution in [1.82, 2.24) is 4.90 Å². The number of ether oxygens (including phenoxy) is 4. The van der Waals surface area contributed by atoms with Crippen molar-refractivity contribution in [2.45, 2.75) is 58.6 Å². The number of amides is 1. The summed E-state index contributed by atoms with van der Waals surface area (Å²) in [6.07, 6.45) is 2.76. The van der Waals surface area contributed by atoms with Gasteiger partial charge in [0.15, 0.2) is 6.23 Å². The monoisotopic (exact) mass is 495 g/mol. The summed E-state index contributed by atoms with van der Waals surface area (Å²) in [4.78, 5) is 27.0. The lowest BCUT2D eigenvalue weighted by Crippen LogP contribution is -2.41. The number of hydrogen-bond donors (Lipinski definition) is 0. The SMILES string of the molecule is CCOC(=O)C[C@@H](/C=C/[C@H]1OC[C@@H](c2ccccc2)N1C(=O)OC(C)(C)C)COCc1ccccc1. The molecule has 36 heavy (non-hydrogen) atoms. The molecule has 1 heterocycles. The number of esters is 1. The number of carbonyl (C=O) groups excluding carboxylic acids is 2. The molecule has 1 aliphatic rings. The van der Waals surface area contributed by atoms with Crippen LogP contribution >= 0.6 is 0 Å². The zero-order valence-electron chi connectivity index (χ0n) is 21.6. The highest BCUT2D eigenvalue weighted by Crippen LogP contribution is 2.33. The van der Waals surface area contributed by atoms with Crippen LogP contribution in [0.5, 0.6) is 0 Å². The molecule has 1 fully saturated rings. The smallest absolute Gasteiger partial charge is 0.413 e. The summed E-state index contributed by atoms with van der Waals surface area (Å²) in [7, 11) is 0. The van der Waals surface area contributed by atoms with E-state index in [1.165, 1.54) is 0 Å². The van der Waals surface area contributed by atoms with E-state index in [4.69, 9.17) is 18.9 Å². The molecule has 1 saturated heterocycles. The average molecular weight is 496 g/mol. The molecule has 2 aromatic carbocycles. The Morgan fingerprint density at radius 2 is 1.75 bits per heavy atom. The lowest BCUT2D eigenvalue weighted by Gasteiger charge is -2.30. The first kappa shape index (κ1) is 27.4. The van der Waals surface area contributed by atoms with E-state index in [1.807, 2.05) is 93.6 Å². The Hall–Kier alpha value is -3.16. The maximum absolute atomic E-state index is 13.2. The number of rotatable bonds is 10. The third kappa shape index (κ3) is 8.50. The van der Waals surface area contributed by atoms with Crippen molar-refractivity contribution in [3.05, 3.63) is 83.9 Å². The molecule has 0 aromatic heterocycles. The van der Waals surface area contributed by atoms with Gasteiger partial charge in [-0.1, -0.05) is 66.7 Å². The van der Waals surface area contributed by atoms with E-state index in [0.717, 1.165) is 11.1 Å². The Morgan fingerprint density at radius 3 is 2.39 bits per heavy atom. The fourth-order valence-corrected chi connectivity index (χ4v) is 3.92. The summed E-state index contributed by atoms with van der Waals surface area (Å²) in [6, 6.07) is 19.3. The summed E-state index contributed by atoms with van der Waals surface area (Å²) in [5, 5.41) is 0. The van der Waals surface area contributed by atoms with Crippen LogP contribution in [0.15, 0.2) is 72.8 Å². The lowest BCUT2D eigenvalue weighted by molar-refractivity contribution is -0.144. The largest absolute Gasteiger partial charge is 0.466 e. The Labute approximate surface area is 214 Å². The molecule has 0 saturated carbocycles. The molecule has 2 aromatic rings. The van der Waals surface area contributed by atoms with Crippen molar-refractivity contribution < 1.29 is 28.5 Å². The first-order chi connectivity index (χ1) is 17.3. The summed E-state index contributed by atoms with van der Waals surface area (Å²) >= 11 is 0. The van der Waals surface area contributed by atoms with Crippen molar-refractivity contribution in [3.8, 4) is 0 Å². The highest BCUT2D eigenvalue weighted by atomic mass is 16.6. The Bertz CT molecular complexity index is 986. The van der Waals surface area contributed by atoms with Gasteiger partial charge in [-0.15, -0.1) is 0 Å². The molecule has 7 heteroatoms. The number of benzene rings is 2. The van der Waals surface area contributed by atoms with Crippen LogP contribution in [0.4, 0.5) is 4.79 Å². The van der Waals surface area contributed by atoms with Gasteiger partial charge in [-0.25, -0.2) is 4.79 Å². The van der Waals surface area contributed by atoms with Crippen LogP contribution in [0.1, 0.15) is 51.3 Å². The van der Waals surface area contributed by atoms with Gasteiger partial charge in [0.25, 0.3) is 0 Å². The molecular formula is C29H37NO6. The van der Waals surface area contributed by atoms with Gasteiger partial charge >= 0.3 is 12.1 Å². The van der Waals surface area contributed by atoms with E-state index >= 15 is 0 Å². The van der Waals surface area contributed by atoms with Crippen LogP contribution in [0.25, 0.3) is 0 Å². The van der Waals surface area contributed by atoms with Gasteiger partial charge in [0.1, 0.15) is 5.60 Å². The fourth-order valence-electron chi connectivity index (χ4n) is 3.92. The van der Waals surface area contributed by atoms with Crippen molar-refractivity contribution >= 4 is 12.1 Å². The van der Waals surface area contributed by atoms with Gasteiger partial charge in [-0.2, -0.15) is 0 Å². The minimum Gasteiger partial charge on any atom is -0.466 e. The minimum absolute atomic E-state index is 0.167. The number of hydrogen-bond acceptors (Lipinski definition) is 6. The maximum atomic E-state index is 13.2. The molecule has 0 spiro atoms. The van der Waals surface area contributed by atoms with Gasteiger partial charge in [-0.05, 0) is 44.9 Å². The van der Waals surface area contributed by atoms with Crippen LogP contribution in [-0.4, -0.2) is 48.6 Å². The van der Waals surface area contributed by atoms with Crippen LogP contribution in [0, 0.1) is 5.92 Å². The molecule has 0 unspecified atom stereocenters. The zero-order valence-corrected chi connectivity index (χ0v) is 21.6. The first-order valence-corrected chi connectivity index (χ1v) is 12.4. The molecule has 194 valence electrons. The number of carbonyl (C=O) groups is 2. The van der Waals surface area contributed by atoms with E-state index < -0.39 is 17.9 Å². The van der Waals surface area contributed by atoms with E-state index in [1.54, 1.807) is 11.8 Å². The normalized spacial score (nSPS) is 18.8. The van der Waals surface area contributed by atoms with Gasteiger partial charge < -0.3 is 18.9 Å². The highest BCUT2D eigenvalue weighted by molar-refractivity contribution is 5.70. The molecule has 1 aliphatic heterocycles. The van der Waals surface area contributed by atoms with Crippen LogP contribution in [-0.2, 0) is 30.3 Å². The van der Waals surface area contributed by atoms with Crippen molar-refractivity contribution in [1.29, 1.82) is 0 Å². The van der Waals surface area contributed by atoms with Gasteiger partial charge in [-0.3, -0.25) is 9.69 Å². The van der Waals surface area contributed by atoms with E-state index in [0.29, 0.717) is 26.4 Å². The molecule has 3 rings (SSSR count). The first-order valence-electron chi connectivity index (χ1n) is 12.4. The second-order valence-corrected chi connectivity index (χ2v) is 9.69. The molecule has 0 N–H and O–H groups in total. The number of nitrogens with zero attached hydrogens (tertiary/aromatic N) is 1. The van der Waals surface area contributed by atoms with Gasteiger partial charge in [0.2, 0.25) is 0 Å². The van der Waals surface area contributed by atoms with E-state index in [-0.39, 0.29) is 24.3 Å². The minimum atomic E-state index is -0.646. The topological polar surface area (TPSA) is 74.3 Å². The Kier molecular flexibility index (Phi) is 10.1. The second-order valence-electron chi connectivity index (χ2n) is 9.69. The third-order valence-electron chi connectivity index (χ3n) is 5.55. The summed E-state index contributed by atoms with van der Waals surface area (Å²) in [5.74, 6) is -0.540. The van der Waals surface area contributed by atoms with Crippen LogP contribution in [0.2, 0.25) is 0 Å². The zero-order chi connectivity index (χ0) is 26.0. The van der Waals surface area contributed by atoms with E-state index in [9.17, 15) is 9.59 Å². The predicted molar refractivity (Wildman–Crippen MR) is 137 cm³/mol. The highest BCUT2D eigenvalue weighted by Gasteiger charge is 2.40. The van der Waals surface area contributed by atoms with Gasteiger partial charge in [0.05, 0.1) is 38.9 Å². The molecule has 3 atom stereocenters. The molecule has 0 bridgehead atoms. The summed E-state index contributed by atoms with van der Waals surface area (Å²) in [6.45, 7) is 8.71. The quantitative estimate of drug-likeness (QED) is 0.313. The Morgan fingerprint density at radius 1 is 1.08 bits per heavy atom. The maximum Gasteiger partial charge on any atom is 0.413 e. The van der Waals surface area contributed by atoms with Crippen molar-refractivity contribution in [3.63, 3.8) is 0 Å². The molecular weight excluding hydrogens is 458 g/mol. The average Bonchev–Trinajstić information content (AvgIpc) is 3.27. The molecule has 1 amide bonds. The van der Waals surface area contributed by atoms with Crippen molar-refractivity contribution in [2.24, 2.45) is 5.92 Å². The third-order valence-corrected chi connectivity index (χ3v) is 5.55. The molecule has 0 aliphatic carbocycles. The predicted octanol–water partition coefficient (Wildman–Crippen LogP) is 5.66. The fraction of sp³-hybridized carbons (Fsp3) is 0.448. The van der Waals surface area contributed by atoms with Crippen LogP contribution in [0.3, 0.4) is 0 Å². The second kappa shape index (κ2) is 13.2. The van der Waals surface area contributed by atoms with Crippen LogP contribution < -0.4 is 0 Å². The molecule has 0 radical (unpaired) electrons.